The zero-order valence-electron chi connectivity index (χ0n) is 20.4. The van der Waals surface area contributed by atoms with E-state index in [0.29, 0.717) is 12.3 Å². The molecule has 3 rings (SSSR count). The molecule has 0 saturated carbocycles. The topological polar surface area (TPSA) is 88.2 Å². The molecule has 1 aliphatic heterocycles. The largest absolute Gasteiger partial charge is 0.492 e. The van der Waals surface area contributed by atoms with Gasteiger partial charge in [0.05, 0.1) is 17.1 Å². The summed E-state index contributed by atoms with van der Waals surface area (Å²) in [7, 11) is -3.73. The third kappa shape index (κ3) is 6.79. The second kappa shape index (κ2) is 11.8. The Balaban J connectivity index is 1.63. The molecule has 1 amide bonds. The molecule has 2 aromatic carbocycles. The molecule has 0 spiro atoms. The molecule has 186 valence electrons. The zero-order chi connectivity index (χ0) is 24.7. The van der Waals surface area contributed by atoms with Crippen molar-refractivity contribution in [1.29, 1.82) is 0 Å². The number of ether oxygens (including phenoxy) is 2. The lowest BCUT2D eigenvalue weighted by atomic mass is 10.2. The second-order valence-corrected chi connectivity index (χ2v) is 10.4. The Bertz CT molecular complexity index is 1040. The number of hydrogen-bond donors (Lipinski definition) is 1. The lowest BCUT2D eigenvalue weighted by Gasteiger charge is -2.34. The molecule has 2 aromatic rings. The van der Waals surface area contributed by atoms with E-state index in [2.05, 4.69) is 24.1 Å². The first-order valence-corrected chi connectivity index (χ1v) is 13.2. The van der Waals surface area contributed by atoms with Gasteiger partial charge in [-0.2, -0.15) is 4.31 Å². The van der Waals surface area contributed by atoms with Crippen LogP contribution in [0.3, 0.4) is 0 Å². The number of nitrogens with zero attached hydrogens (tertiary/aromatic N) is 2. The molecule has 1 fully saturated rings. The highest BCUT2D eigenvalue weighted by atomic mass is 32.2. The highest BCUT2D eigenvalue weighted by Gasteiger charge is 2.32. The van der Waals surface area contributed by atoms with E-state index in [1.807, 2.05) is 13.8 Å². The number of anilines is 1. The number of likely N-dealkylation sites (N-methyl/N-ethyl adjacent to an activating group) is 1. The van der Waals surface area contributed by atoms with E-state index < -0.39 is 10.0 Å². The summed E-state index contributed by atoms with van der Waals surface area (Å²) in [6.07, 6.45) is -0.372. The molecule has 8 nitrogen and oxygen atoms in total. The minimum atomic E-state index is -3.73. The second-order valence-electron chi connectivity index (χ2n) is 8.46. The Kier molecular flexibility index (Phi) is 9.07. The molecule has 1 heterocycles. The molecule has 0 bridgehead atoms. The van der Waals surface area contributed by atoms with Crippen LogP contribution in [0.5, 0.6) is 5.75 Å². The van der Waals surface area contributed by atoms with Gasteiger partial charge in [-0.3, -0.25) is 4.79 Å². The molecule has 1 N–H and O–H groups in total. The van der Waals surface area contributed by atoms with Gasteiger partial charge in [0.25, 0.3) is 5.91 Å². The van der Waals surface area contributed by atoms with Crippen molar-refractivity contribution in [3.8, 4) is 5.75 Å². The van der Waals surface area contributed by atoms with Gasteiger partial charge < -0.3 is 19.7 Å². The first-order valence-electron chi connectivity index (χ1n) is 11.7. The first-order chi connectivity index (χ1) is 16.2. The monoisotopic (exact) mass is 489 g/mol. The molecule has 1 aliphatic rings. The van der Waals surface area contributed by atoms with E-state index >= 15 is 0 Å². The maximum atomic E-state index is 13.1. The van der Waals surface area contributed by atoms with Crippen molar-refractivity contribution in [1.82, 2.24) is 9.21 Å². The van der Waals surface area contributed by atoms with Gasteiger partial charge in [0.15, 0.2) is 0 Å². The summed E-state index contributed by atoms with van der Waals surface area (Å²) < 4.78 is 39.1. The van der Waals surface area contributed by atoms with Crippen molar-refractivity contribution >= 4 is 21.6 Å². The van der Waals surface area contributed by atoms with Crippen molar-refractivity contribution in [3.63, 3.8) is 0 Å². The number of rotatable bonds is 10. The van der Waals surface area contributed by atoms with E-state index in [-0.39, 0.29) is 41.7 Å². The molecule has 0 radical (unpaired) electrons. The first kappa shape index (κ1) is 26.2. The molecule has 0 aromatic heterocycles. The Morgan fingerprint density at radius 2 is 1.74 bits per heavy atom. The molecule has 2 atom stereocenters. The van der Waals surface area contributed by atoms with Crippen LogP contribution in [0.1, 0.15) is 38.1 Å². The van der Waals surface area contributed by atoms with Crippen LogP contribution in [0.4, 0.5) is 5.69 Å². The molecule has 0 unspecified atom stereocenters. The minimum Gasteiger partial charge on any atom is -0.492 e. The van der Waals surface area contributed by atoms with Crippen LogP contribution in [0.25, 0.3) is 0 Å². The lowest BCUT2D eigenvalue weighted by molar-refractivity contribution is -0.0440. The van der Waals surface area contributed by atoms with Crippen LogP contribution in [0.15, 0.2) is 53.4 Å². The van der Waals surface area contributed by atoms with Crippen LogP contribution in [-0.4, -0.2) is 75.1 Å². The number of morpholine rings is 1. The number of amides is 1. The van der Waals surface area contributed by atoms with Crippen molar-refractivity contribution in [2.75, 3.05) is 44.6 Å². The number of hydrogen-bond acceptors (Lipinski definition) is 6. The fourth-order valence-corrected chi connectivity index (χ4v) is 5.58. The number of carbonyl (C=O) groups is 1. The minimum absolute atomic E-state index is 0.0957. The molecule has 34 heavy (non-hydrogen) atoms. The van der Waals surface area contributed by atoms with Crippen LogP contribution < -0.4 is 10.1 Å². The highest BCUT2D eigenvalue weighted by molar-refractivity contribution is 7.89. The Labute approximate surface area is 202 Å². The van der Waals surface area contributed by atoms with Crippen LogP contribution in [0, 0.1) is 0 Å². The number of carbonyl (C=O) groups excluding carboxylic acids is 1. The lowest BCUT2D eigenvalue weighted by Crippen LogP contribution is -2.48. The summed E-state index contributed by atoms with van der Waals surface area (Å²) in [5, 5.41) is 2.82. The highest BCUT2D eigenvalue weighted by Crippen LogP contribution is 2.23. The van der Waals surface area contributed by atoms with Gasteiger partial charge in [-0.1, -0.05) is 19.9 Å². The van der Waals surface area contributed by atoms with Gasteiger partial charge in [-0.25, -0.2) is 8.42 Å². The Morgan fingerprint density at radius 3 is 2.35 bits per heavy atom. The molecular weight excluding hydrogens is 454 g/mol. The van der Waals surface area contributed by atoms with E-state index in [4.69, 9.17) is 9.47 Å². The summed E-state index contributed by atoms with van der Waals surface area (Å²) in [6, 6.07) is 13.3. The Hall–Kier alpha value is -2.46. The van der Waals surface area contributed by atoms with E-state index in [0.717, 1.165) is 25.4 Å². The SMILES string of the molecule is CCN(CC)CCOc1ccc(NC(=O)c2cccc(S(=O)(=O)N3C[C@@H](C)O[C@@H](C)C3)c2)cc1. The predicted octanol–water partition coefficient (Wildman–Crippen LogP) is 3.46. The van der Waals surface area contributed by atoms with Gasteiger partial charge in [0.1, 0.15) is 12.4 Å². The zero-order valence-corrected chi connectivity index (χ0v) is 21.2. The van der Waals surface area contributed by atoms with E-state index in [1.165, 1.54) is 16.4 Å². The van der Waals surface area contributed by atoms with E-state index in [9.17, 15) is 13.2 Å². The van der Waals surface area contributed by atoms with Crippen molar-refractivity contribution < 1.29 is 22.7 Å². The number of nitrogens with one attached hydrogen (secondary N) is 1. The molecule has 9 heteroatoms. The number of benzene rings is 2. The summed E-state index contributed by atoms with van der Waals surface area (Å²) in [5.74, 6) is 0.350. The molecule has 0 aliphatic carbocycles. The van der Waals surface area contributed by atoms with Gasteiger partial charge in [0, 0.05) is 30.9 Å². The van der Waals surface area contributed by atoms with Gasteiger partial charge >= 0.3 is 0 Å². The summed E-state index contributed by atoms with van der Waals surface area (Å²) in [5.41, 5.74) is 0.875. The smallest absolute Gasteiger partial charge is 0.255 e. The van der Waals surface area contributed by atoms with Crippen LogP contribution in [-0.2, 0) is 14.8 Å². The van der Waals surface area contributed by atoms with Crippen molar-refractivity contribution in [2.24, 2.45) is 0 Å². The standard InChI is InChI=1S/C25H35N3O5S/c1-5-27(6-2)14-15-32-23-12-10-22(11-13-23)26-25(29)21-8-7-9-24(16-21)34(30,31)28-17-19(3)33-20(4)18-28/h7-13,16,19-20H,5-6,14-15,17-18H2,1-4H3,(H,26,29)/t19-,20+. The average Bonchev–Trinajstić information content (AvgIpc) is 2.82. The van der Waals surface area contributed by atoms with Gasteiger partial charge in [0.2, 0.25) is 10.0 Å². The van der Waals surface area contributed by atoms with Crippen molar-refractivity contribution in [3.05, 3.63) is 54.1 Å². The van der Waals surface area contributed by atoms with Crippen LogP contribution in [0.2, 0.25) is 0 Å². The normalized spacial score (nSPS) is 19.2. The van der Waals surface area contributed by atoms with E-state index in [1.54, 1.807) is 36.4 Å². The summed E-state index contributed by atoms with van der Waals surface area (Å²) in [6.45, 7) is 11.9. The third-order valence-electron chi connectivity index (χ3n) is 5.80. The number of sulfonamides is 1. The maximum absolute atomic E-state index is 13.1. The summed E-state index contributed by atoms with van der Waals surface area (Å²) >= 11 is 0. The predicted molar refractivity (Wildman–Crippen MR) is 133 cm³/mol. The average molecular weight is 490 g/mol. The Morgan fingerprint density at radius 1 is 1.09 bits per heavy atom. The quantitative estimate of drug-likeness (QED) is 0.550. The fraction of sp³-hybridized carbons (Fsp3) is 0.480. The third-order valence-corrected chi connectivity index (χ3v) is 7.63. The van der Waals surface area contributed by atoms with Gasteiger partial charge in [-0.15, -0.1) is 0 Å². The maximum Gasteiger partial charge on any atom is 0.255 e. The molecular formula is C25H35N3O5S. The van der Waals surface area contributed by atoms with Gasteiger partial charge in [-0.05, 0) is 69.4 Å². The van der Waals surface area contributed by atoms with Crippen molar-refractivity contribution in [2.45, 2.75) is 44.8 Å². The molecule has 1 saturated heterocycles. The summed E-state index contributed by atoms with van der Waals surface area (Å²) in [4.78, 5) is 15.2. The van der Waals surface area contributed by atoms with Crippen LogP contribution >= 0.6 is 0 Å². The fourth-order valence-electron chi connectivity index (χ4n) is 3.94.